The Balaban J connectivity index is 3.35. The monoisotopic (exact) mass is 398 g/mol. The number of carbonyl (C=O) groups excluding carboxylic acids is 1. The molecule has 0 heterocycles. The van der Waals surface area contributed by atoms with Gasteiger partial charge >= 0.3 is 12.1 Å². The van der Waals surface area contributed by atoms with Gasteiger partial charge in [-0.3, -0.25) is 0 Å². The van der Waals surface area contributed by atoms with Crippen molar-refractivity contribution < 1.29 is 36.9 Å². The molecule has 0 atom stereocenters. The van der Waals surface area contributed by atoms with Crippen LogP contribution in [0.2, 0.25) is 5.02 Å². The predicted octanol–water partition coefficient (Wildman–Crippen LogP) is 5.25. The Morgan fingerprint density at radius 3 is 2.46 bits per heavy atom. The van der Waals surface area contributed by atoms with Crippen molar-refractivity contribution in [1.29, 1.82) is 0 Å². The third kappa shape index (κ3) is 5.87. The Hall–Kier alpha value is -2.36. The summed E-state index contributed by atoms with van der Waals surface area (Å²) in [5, 5.41) is 15.3. The molecule has 0 amide bonds. The summed E-state index contributed by atoms with van der Waals surface area (Å²) < 4.78 is 61.5. The molecule has 0 aromatic heterocycles. The van der Waals surface area contributed by atoms with Crippen LogP contribution in [0.4, 0.5) is 23.2 Å². The van der Waals surface area contributed by atoms with E-state index in [1.54, 1.807) is 13.8 Å². The summed E-state index contributed by atoms with van der Waals surface area (Å²) in [5.41, 5.74) is -2.07. The number of halogens is 5. The van der Waals surface area contributed by atoms with Crippen molar-refractivity contribution >= 4 is 23.3 Å². The van der Waals surface area contributed by atoms with Gasteiger partial charge in [-0.15, -0.1) is 10.2 Å². The second-order valence-corrected chi connectivity index (χ2v) is 5.42. The first-order chi connectivity index (χ1) is 12.0. The number of azo groups is 1. The molecule has 0 aliphatic carbocycles. The van der Waals surface area contributed by atoms with E-state index in [1.807, 2.05) is 0 Å². The van der Waals surface area contributed by atoms with E-state index in [-0.39, 0.29) is 23.5 Å². The van der Waals surface area contributed by atoms with Crippen molar-refractivity contribution in [3.63, 3.8) is 0 Å². The van der Waals surface area contributed by atoms with Gasteiger partial charge in [0, 0.05) is 6.07 Å². The standard InChI is InChI=1S/C15H15ClF4N2O4/c1-4-25-14(24)12(13(23)15(18,19)20)22-21-10-6-11(26-7(2)3)8(16)5-9(10)17/h5-7,23H,4H2,1-3H3. The maximum Gasteiger partial charge on any atom is 0.451 e. The van der Waals surface area contributed by atoms with Gasteiger partial charge in [-0.1, -0.05) is 11.6 Å². The van der Waals surface area contributed by atoms with Crippen LogP contribution in [-0.4, -0.2) is 30.0 Å². The van der Waals surface area contributed by atoms with Gasteiger partial charge in [0.1, 0.15) is 11.4 Å². The number of benzene rings is 1. The number of alkyl halides is 3. The second kappa shape index (κ2) is 8.84. The quantitative estimate of drug-likeness (QED) is 0.233. The molecule has 0 aliphatic rings. The van der Waals surface area contributed by atoms with E-state index in [1.165, 1.54) is 6.92 Å². The number of carbonyl (C=O) groups is 1. The lowest BCUT2D eigenvalue weighted by Crippen LogP contribution is -2.18. The number of nitrogens with zero attached hydrogens (tertiary/aromatic N) is 2. The average Bonchev–Trinajstić information content (AvgIpc) is 2.50. The summed E-state index contributed by atoms with van der Waals surface area (Å²) in [6.45, 7) is 4.41. The summed E-state index contributed by atoms with van der Waals surface area (Å²) in [6.07, 6.45) is -5.60. The van der Waals surface area contributed by atoms with E-state index in [0.29, 0.717) is 0 Å². The third-order valence-corrected chi connectivity index (χ3v) is 2.88. The van der Waals surface area contributed by atoms with Crippen LogP contribution in [0.25, 0.3) is 0 Å². The molecule has 0 unspecified atom stereocenters. The molecular weight excluding hydrogens is 384 g/mol. The third-order valence-electron chi connectivity index (χ3n) is 2.58. The maximum absolute atomic E-state index is 13.9. The van der Waals surface area contributed by atoms with Gasteiger partial charge in [0.25, 0.3) is 0 Å². The van der Waals surface area contributed by atoms with E-state index in [0.717, 1.165) is 12.1 Å². The highest BCUT2D eigenvalue weighted by Gasteiger charge is 2.39. The Kier molecular flexibility index (Phi) is 7.37. The molecular formula is C15H15ClF4N2O4. The number of hydrogen-bond donors (Lipinski definition) is 1. The minimum Gasteiger partial charge on any atom is -0.502 e. The zero-order chi connectivity index (χ0) is 20.1. The van der Waals surface area contributed by atoms with Crippen LogP contribution in [0.5, 0.6) is 5.75 Å². The lowest BCUT2D eigenvalue weighted by atomic mass is 10.3. The van der Waals surface area contributed by atoms with Crippen LogP contribution >= 0.6 is 11.6 Å². The lowest BCUT2D eigenvalue weighted by Gasteiger charge is -2.12. The summed E-state index contributed by atoms with van der Waals surface area (Å²) >= 11 is 5.80. The van der Waals surface area contributed by atoms with Crippen molar-refractivity contribution in [3.8, 4) is 5.75 Å². The van der Waals surface area contributed by atoms with Crippen molar-refractivity contribution in [2.24, 2.45) is 10.2 Å². The molecule has 1 N–H and O–H groups in total. The van der Waals surface area contributed by atoms with Crippen LogP contribution in [0.1, 0.15) is 20.8 Å². The number of aliphatic hydroxyl groups excluding tert-OH is 1. The van der Waals surface area contributed by atoms with Crippen molar-refractivity contribution in [2.45, 2.75) is 33.1 Å². The summed E-state index contributed by atoms with van der Waals surface area (Å²) in [4.78, 5) is 11.6. The first-order valence-corrected chi connectivity index (χ1v) is 7.60. The normalized spacial score (nSPS) is 13.1. The zero-order valence-electron chi connectivity index (χ0n) is 13.9. The molecule has 0 radical (unpaired) electrons. The average molecular weight is 399 g/mol. The molecule has 1 rings (SSSR count). The molecule has 144 valence electrons. The summed E-state index contributed by atoms with van der Waals surface area (Å²) in [7, 11) is 0. The van der Waals surface area contributed by atoms with E-state index in [9.17, 15) is 22.4 Å². The first-order valence-electron chi connectivity index (χ1n) is 7.22. The Morgan fingerprint density at radius 1 is 1.35 bits per heavy atom. The number of ether oxygens (including phenoxy) is 2. The number of allylic oxidation sites excluding steroid dienone is 1. The van der Waals surface area contributed by atoms with Crippen LogP contribution in [-0.2, 0) is 9.53 Å². The second-order valence-electron chi connectivity index (χ2n) is 5.02. The van der Waals surface area contributed by atoms with E-state index < -0.39 is 35.1 Å². The van der Waals surface area contributed by atoms with Gasteiger partial charge in [-0.05, 0) is 26.8 Å². The molecule has 0 bridgehead atoms. The largest absolute Gasteiger partial charge is 0.502 e. The van der Waals surface area contributed by atoms with Gasteiger partial charge in [0.05, 0.1) is 17.7 Å². The maximum atomic E-state index is 13.9. The van der Waals surface area contributed by atoms with E-state index in [4.69, 9.17) is 21.4 Å². The summed E-state index contributed by atoms with van der Waals surface area (Å²) in [5.74, 6) is -4.89. The van der Waals surface area contributed by atoms with Gasteiger partial charge in [0.15, 0.2) is 5.82 Å². The lowest BCUT2D eigenvalue weighted by molar-refractivity contribution is -0.143. The van der Waals surface area contributed by atoms with Crippen LogP contribution in [0.15, 0.2) is 33.8 Å². The zero-order valence-corrected chi connectivity index (χ0v) is 14.7. The van der Waals surface area contributed by atoms with Gasteiger partial charge in [0.2, 0.25) is 11.5 Å². The SMILES string of the molecule is CCOC(=O)C(N=Nc1cc(OC(C)C)c(Cl)cc1F)=C(O)C(F)(F)F. The highest BCUT2D eigenvalue weighted by Crippen LogP contribution is 2.34. The number of aliphatic hydroxyl groups is 1. The minimum atomic E-state index is -5.27. The van der Waals surface area contributed by atoms with E-state index >= 15 is 0 Å². The van der Waals surface area contributed by atoms with Gasteiger partial charge < -0.3 is 14.6 Å². The van der Waals surface area contributed by atoms with Gasteiger partial charge in [-0.25, -0.2) is 9.18 Å². The van der Waals surface area contributed by atoms with Crippen LogP contribution in [0, 0.1) is 5.82 Å². The summed E-state index contributed by atoms with van der Waals surface area (Å²) in [6, 6.07) is 1.82. The van der Waals surface area contributed by atoms with Gasteiger partial charge in [-0.2, -0.15) is 13.2 Å². The molecule has 1 aromatic rings. The first kappa shape index (κ1) is 21.7. The Bertz CT molecular complexity index is 733. The molecule has 0 aliphatic heterocycles. The highest BCUT2D eigenvalue weighted by atomic mass is 35.5. The van der Waals surface area contributed by atoms with Crippen molar-refractivity contribution in [1.82, 2.24) is 0 Å². The Morgan fingerprint density at radius 2 is 1.96 bits per heavy atom. The number of rotatable bonds is 6. The molecule has 0 saturated heterocycles. The van der Waals surface area contributed by atoms with Crippen molar-refractivity contribution in [3.05, 3.63) is 34.4 Å². The molecule has 11 heteroatoms. The molecule has 1 aromatic carbocycles. The molecule has 6 nitrogen and oxygen atoms in total. The molecule has 0 fully saturated rings. The molecule has 0 spiro atoms. The fourth-order valence-corrected chi connectivity index (χ4v) is 1.76. The van der Waals surface area contributed by atoms with Crippen molar-refractivity contribution in [2.75, 3.05) is 6.61 Å². The smallest absolute Gasteiger partial charge is 0.451 e. The highest BCUT2D eigenvalue weighted by molar-refractivity contribution is 6.32. The Labute approximate surface area is 151 Å². The van der Waals surface area contributed by atoms with E-state index in [2.05, 4.69) is 15.0 Å². The molecule has 26 heavy (non-hydrogen) atoms. The minimum absolute atomic E-state index is 0.0127. The topological polar surface area (TPSA) is 80.5 Å². The fraction of sp³-hybridized carbons (Fsp3) is 0.400. The number of esters is 1. The predicted molar refractivity (Wildman–Crippen MR) is 84.0 cm³/mol. The number of hydrogen-bond acceptors (Lipinski definition) is 6. The molecule has 0 saturated carbocycles. The van der Waals surface area contributed by atoms with Crippen LogP contribution < -0.4 is 4.74 Å². The fourth-order valence-electron chi connectivity index (χ4n) is 1.56. The van der Waals surface area contributed by atoms with Crippen LogP contribution in [0.3, 0.4) is 0 Å².